The Morgan fingerprint density at radius 3 is 2.40 bits per heavy atom. The number of rotatable bonds is 7. The monoisotopic (exact) mass is 302 g/mol. The molecule has 114 valence electrons. The molecule has 1 N–H and O–H groups in total. The van der Waals surface area contributed by atoms with Gasteiger partial charge in [0.2, 0.25) is 11.8 Å². The molecule has 8 heteroatoms. The number of aromatic nitrogens is 2. The fraction of sp³-hybridized carbons (Fsp3) is 0.667. The van der Waals surface area contributed by atoms with Gasteiger partial charge in [-0.25, -0.2) is 4.98 Å². The van der Waals surface area contributed by atoms with Crippen molar-refractivity contribution in [3.05, 3.63) is 11.3 Å². The van der Waals surface area contributed by atoms with E-state index in [1.54, 1.807) is 0 Å². The first-order valence-corrected chi connectivity index (χ1v) is 7.91. The number of aryl methyl sites for hydroxylation is 1. The van der Waals surface area contributed by atoms with Crippen LogP contribution in [0.4, 0.5) is 5.95 Å². The van der Waals surface area contributed by atoms with Crippen molar-refractivity contribution in [2.24, 2.45) is 0 Å². The van der Waals surface area contributed by atoms with Gasteiger partial charge in [-0.3, -0.25) is 0 Å². The van der Waals surface area contributed by atoms with Gasteiger partial charge in [0.15, 0.2) is 0 Å². The zero-order valence-corrected chi connectivity index (χ0v) is 13.4. The maximum atomic E-state index is 11.9. The van der Waals surface area contributed by atoms with Crippen molar-refractivity contribution in [3.8, 4) is 5.88 Å². The van der Waals surface area contributed by atoms with Crippen molar-refractivity contribution in [2.75, 3.05) is 26.0 Å². The van der Waals surface area contributed by atoms with Crippen LogP contribution in [0.5, 0.6) is 5.88 Å². The average molecular weight is 302 g/mol. The molecule has 0 radical (unpaired) electrons. The van der Waals surface area contributed by atoms with Crippen molar-refractivity contribution in [3.63, 3.8) is 0 Å². The van der Waals surface area contributed by atoms with Crippen LogP contribution in [-0.4, -0.2) is 43.3 Å². The van der Waals surface area contributed by atoms with E-state index in [-0.39, 0.29) is 5.88 Å². The summed E-state index contributed by atoms with van der Waals surface area (Å²) in [6, 6.07) is 0. The van der Waals surface area contributed by atoms with E-state index in [1.807, 2.05) is 20.8 Å². The Balaban J connectivity index is 3.26. The Bertz CT molecular complexity index is 558. The molecule has 0 aliphatic heterocycles. The summed E-state index contributed by atoms with van der Waals surface area (Å²) in [5.41, 5.74) is 1.45. The molecular formula is C12H22N4O3S. The van der Waals surface area contributed by atoms with Crippen molar-refractivity contribution in [1.82, 2.24) is 14.3 Å². The molecule has 0 aliphatic rings. The predicted octanol–water partition coefficient (Wildman–Crippen LogP) is 1.35. The van der Waals surface area contributed by atoms with Crippen LogP contribution in [0.25, 0.3) is 0 Å². The zero-order valence-electron chi connectivity index (χ0n) is 12.6. The van der Waals surface area contributed by atoms with Crippen LogP contribution in [0.15, 0.2) is 0 Å². The number of nitrogens with zero attached hydrogens (tertiary/aromatic N) is 3. The summed E-state index contributed by atoms with van der Waals surface area (Å²) in [6.07, 6.45) is 1.51. The van der Waals surface area contributed by atoms with Crippen molar-refractivity contribution < 1.29 is 12.6 Å². The quantitative estimate of drug-likeness (QED) is 0.818. The second-order valence-corrected chi connectivity index (χ2v) is 6.27. The van der Waals surface area contributed by atoms with E-state index in [4.69, 9.17) is 4.18 Å². The molecule has 0 aliphatic carbocycles. The molecule has 1 rings (SSSR count). The molecule has 7 nitrogen and oxygen atoms in total. The van der Waals surface area contributed by atoms with Crippen molar-refractivity contribution in [2.45, 2.75) is 33.6 Å². The van der Waals surface area contributed by atoms with E-state index >= 15 is 0 Å². The molecule has 1 aromatic heterocycles. The summed E-state index contributed by atoms with van der Waals surface area (Å²) < 4.78 is 29.8. The third-order valence-corrected chi connectivity index (χ3v) is 3.91. The molecule has 0 atom stereocenters. The van der Waals surface area contributed by atoms with Crippen LogP contribution >= 0.6 is 0 Å². The van der Waals surface area contributed by atoms with Crippen LogP contribution in [-0.2, 0) is 16.7 Å². The molecule has 0 saturated heterocycles. The highest BCUT2D eigenvalue weighted by atomic mass is 32.2. The topological polar surface area (TPSA) is 84.4 Å². The third kappa shape index (κ3) is 4.04. The molecule has 0 unspecified atom stereocenters. The van der Waals surface area contributed by atoms with Gasteiger partial charge in [-0.05, 0) is 20.3 Å². The number of hydrogen-bond acceptors (Lipinski definition) is 6. The van der Waals surface area contributed by atoms with E-state index in [2.05, 4.69) is 15.3 Å². The van der Waals surface area contributed by atoms with Crippen LogP contribution in [0, 0.1) is 6.92 Å². The summed E-state index contributed by atoms with van der Waals surface area (Å²) in [5.74, 6) is 0.470. The first-order chi connectivity index (χ1) is 9.31. The predicted molar refractivity (Wildman–Crippen MR) is 78.2 cm³/mol. The summed E-state index contributed by atoms with van der Waals surface area (Å²) >= 11 is 0. The molecular weight excluding hydrogens is 280 g/mol. The first-order valence-electron chi connectivity index (χ1n) is 6.55. The molecule has 0 amide bonds. The number of hydrogen-bond donors (Lipinski definition) is 1. The average Bonchev–Trinajstić information content (AvgIpc) is 2.33. The van der Waals surface area contributed by atoms with E-state index in [9.17, 15) is 8.42 Å². The molecule has 0 spiro atoms. The van der Waals surface area contributed by atoms with Crippen molar-refractivity contribution >= 4 is 16.3 Å². The molecule has 1 heterocycles. The number of nitrogens with one attached hydrogen (secondary N) is 1. The minimum atomic E-state index is -3.83. The van der Waals surface area contributed by atoms with Crippen LogP contribution in [0.1, 0.15) is 31.5 Å². The SMILES string of the molecule is CCCc1c(C)nc(NCC)nc1OS(=O)(=O)N(C)C. The van der Waals surface area contributed by atoms with Gasteiger partial charge in [0.1, 0.15) is 0 Å². The highest BCUT2D eigenvalue weighted by molar-refractivity contribution is 7.84. The number of anilines is 1. The summed E-state index contributed by atoms with van der Waals surface area (Å²) in [4.78, 5) is 8.47. The van der Waals surface area contributed by atoms with Gasteiger partial charge in [-0.15, -0.1) is 0 Å². The zero-order chi connectivity index (χ0) is 15.3. The summed E-state index contributed by atoms with van der Waals surface area (Å²) in [7, 11) is -1.00. The van der Waals surface area contributed by atoms with Crippen LogP contribution < -0.4 is 9.50 Å². The lowest BCUT2D eigenvalue weighted by molar-refractivity contribution is 0.411. The fourth-order valence-corrected chi connectivity index (χ4v) is 2.07. The van der Waals surface area contributed by atoms with Crippen molar-refractivity contribution in [1.29, 1.82) is 0 Å². The van der Waals surface area contributed by atoms with Gasteiger partial charge in [-0.1, -0.05) is 13.3 Å². The van der Waals surface area contributed by atoms with Gasteiger partial charge in [0.25, 0.3) is 0 Å². The third-order valence-electron chi connectivity index (χ3n) is 2.64. The molecule has 20 heavy (non-hydrogen) atoms. The van der Waals surface area contributed by atoms with E-state index in [0.29, 0.717) is 18.9 Å². The summed E-state index contributed by atoms with van der Waals surface area (Å²) in [6.45, 7) is 6.38. The Kier molecular flexibility index (Phi) is 5.70. The minimum absolute atomic E-state index is 0.101. The first kappa shape index (κ1) is 16.6. The smallest absolute Gasteiger partial charge is 0.354 e. The van der Waals surface area contributed by atoms with Gasteiger partial charge >= 0.3 is 10.3 Å². The largest absolute Gasteiger partial charge is 0.386 e. The standard InChI is InChI=1S/C12H22N4O3S/c1-6-8-10-9(3)14-12(13-7-2)15-11(10)19-20(17,18)16(4)5/h6-8H2,1-5H3,(H,13,14,15). The normalized spacial score (nSPS) is 11.7. The lowest BCUT2D eigenvalue weighted by Crippen LogP contribution is -2.28. The Morgan fingerprint density at radius 1 is 1.25 bits per heavy atom. The summed E-state index contributed by atoms with van der Waals surface area (Å²) in [5, 5.41) is 2.96. The van der Waals surface area contributed by atoms with Crippen LogP contribution in [0.2, 0.25) is 0 Å². The van der Waals surface area contributed by atoms with E-state index in [1.165, 1.54) is 14.1 Å². The molecule has 0 aromatic carbocycles. The van der Waals surface area contributed by atoms with Gasteiger partial charge in [0, 0.05) is 31.9 Å². The Hall–Kier alpha value is -1.41. The molecule has 0 fully saturated rings. The second kappa shape index (κ2) is 6.85. The lowest BCUT2D eigenvalue weighted by Gasteiger charge is -2.16. The lowest BCUT2D eigenvalue weighted by atomic mass is 10.1. The van der Waals surface area contributed by atoms with Crippen LogP contribution in [0.3, 0.4) is 0 Å². The van der Waals surface area contributed by atoms with Gasteiger partial charge in [-0.2, -0.15) is 17.7 Å². The van der Waals surface area contributed by atoms with E-state index in [0.717, 1.165) is 22.0 Å². The van der Waals surface area contributed by atoms with Gasteiger partial charge in [0.05, 0.1) is 0 Å². The molecule has 1 aromatic rings. The Morgan fingerprint density at radius 2 is 1.90 bits per heavy atom. The maximum absolute atomic E-state index is 11.9. The second-order valence-electron chi connectivity index (χ2n) is 4.52. The van der Waals surface area contributed by atoms with E-state index < -0.39 is 10.3 Å². The highest BCUT2D eigenvalue weighted by Gasteiger charge is 2.21. The Labute approximate surface area is 120 Å². The maximum Gasteiger partial charge on any atom is 0.386 e. The molecule has 0 saturated carbocycles. The fourth-order valence-electron chi connectivity index (χ4n) is 1.59. The minimum Gasteiger partial charge on any atom is -0.354 e. The highest BCUT2D eigenvalue weighted by Crippen LogP contribution is 2.24. The molecule has 0 bridgehead atoms. The van der Waals surface area contributed by atoms with Gasteiger partial charge < -0.3 is 9.50 Å².